The molecule has 0 aromatic rings. The van der Waals surface area contributed by atoms with Gasteiger partial charge in [-0.3, -0.25) is 4.79 Å². The molecular formula is C9H16F2O. The average molecular weight is 178 g/mol. The van der Waals surface area contributed by atoms with Gasteiger partial charge >= 0.3 is 5.92 Å². The van der Waals surface area contributed by atoms with Crippen molar-refractivity contribution in [2.75, 3.05) is 0 Å². The van der Waals surface area contributed by atoms with Crippen molar-refractivity contribution in [1.29, 1.82) is 0 Å². The van der Waals surface area contributed by atoms with Gasteiger partial charge in [0.15, 0.2) is 6.29 Å². The summed E-state index contributed by atoms with van der Waals surface area (Å²) in [7, 11) is 0. The summed E-state index contributed by atoms with van der Waals surface area (Å²) in [5.41, 5.74) is 0. The molecule has 0 spiro atoms. The first-order valence-electron chi connectivity index (χ1n) is 4.46. The Morgan fingerprint density at radius 1 is 1.17 bits per heavy atom. The van der Waals surface area contributed by atoms with E-state index in [9.17, 15) is 13.6 Å². The fourth-order valence-electron chi connectivity index (χ4n) is 1.02. The molecule has 0 aromatic heterocycles. The molecule has 0 unspecified atom stereocenters. The number of alkyl halides is 2. The van der Waals surface area contributed by atoms with Gasteiger partial charge in [-0.1, -0.05) is 32.6 Å². The first-order valence-corrected chi connectivity index (χ1v) is 4.46. The van der Waals surface area contributed by atoms with E-state index in [1.165, 1.54) is 0 Å². The van der Waals surface area contributed by atoms with Crippen LogP contribution < -0.4 is 0 Å². The third-order valence-corrected chi connectivity index (χ3v) is 1.79. The summed E-state index contributed by atoms with van der Waals surface area (Å²) >= 11 is 0. The van der Waals surface area contributed by atoms with Gasteiger partial charge in [-0.15, -0.1) is 0 Å². The van der Waals surface area contributed by atoms with Crippen molar-refractivity contribution in [2.24, 2.45) is 0 Å². The smallest absolute Gasteiger partial charge is 0.297 e. The minimum absolute atomic E-state index is 0.257. The topological polar surface area (TPSA) is 17.1 Å². The second-order valence-corrected chi connectivity index (χ2v) is 3.04. The normalized spacial score (nSPS) is 11.6. The molecule has 0 N–H and O–H groups in total. The van der Waals surface area contributed by atoms with Crippen LogP contribution in [-0.4, -0.2) is 12.2 Å². The second kappa shape index (κ2) is 6.09. The molecule has 0 saturated carbocycles. The van der Waals surface area contributed by atoms with E-state index in [-0.39, 0.29) is 12.7 Å². The van der Waals surface area contributed by atoms with E-state index < -0.39 is 5.92 Å². The molecule has 0 rings (SSSR count). The van der Waals surface area contributed by atoms with Crippen LogP contribution in [0.1, 0.15) is 45.4 Å². The highest BCUT2D eigenvalue weighted by atomic mass is 19.3. The lowest BCUT2D eigenvalue weighted by Gasteiger charge is -2.07. The van der Waals surface area contributed by atoms with Gasteiger partial charge in [-0.2, -0.15) is 8.78 Å². The number of hydrogen-bond donors (Lipinski definition) is 0. The minimum atomic E-state index is -3.09. The van der Waals surface area contributed by atoms with E-state index in [4.69, 9.17) is 0 Å². The summed E-state index contributed by atoms with van der Waals surface area (Å²) < 4.78 is 24.6. The summed E-state index contributed by atoms with van der Waals surface area (Å²) in [6, 6.07) is 0. The monoisotopic (exact) mass is 178 g/mol. The van der Waals surface area contributed by atoms with Gasteiger partial charge < -0.3 is 0 Å². The predicted octanol–water partition coefficient (Wildman–Crippen LogP) is 3.18. The van der Waals surface area contributed by atoms with Crippen molar-refractivity contribution in [1.82, 2.24) is 0 Å². The summed E-state index contributed by atoms with van der Waals surface area (Å²) in [5, 5.41) is 0. The first-order chi connectivity index (χ1) is 5.62. The summed E-state index contributed by atoms with van der Waals surface area (Å²) in [6.45, 7) is 2.07. The number of aldehydes is 1. The van der Waals surface area contributed by atoms with Gasteiger partial charge in [0.25, 0.3) is 0 Å². The highest BCUT2D eigenvalue weighted by Crippen LogP contribution is 2.19. The molecule has 0 radical (unpaired) electrons. The highest BCUT2D eigenvalue weighted by Gasteiger charge is 2.26. The second-order valence-electron chi connectivity index (χ2n) is 3.04. The third-order valence-electron chi connectivity index (χ3n) is 1.79. The largest absolute Gasteiger partial charge is 0.302 e. The molecule has 0 aliphatic heterocycles. The van der Waals surface area contributed by atoms with Gasteiger partial charge in [-0.25, -0.2) is 0 Å². The Bertz CT molecular complexity index is 124. The molecule has 0 saturated heterocycles. The van der Waals surface area contributed by atoms with Crippen LogP contribution >= 0.6 is 0 Å². The molecule has 3 heteroatoms. The number of unbranched alkanes of at least 4 members (excludes halogenated alkanes) is 4. The molecule has 1 nitrogen and oxygen atoms in total. The Morgan fingerprint density at radius 3 is 2.25 bits per heavy atom. The van der Waals surface area contributed by atoms with Crippen LogP contribution in [0.3, 0.4) is 0 Å². The molecule has 0 atom stereocenters. The molecular weight excluding hydrogens is 162 g/mol. The van der Waals surface area contributed by atoms with Crippen LogP contribution in [0.4, 0.5) is 8.78 Å². The summed E-state index contributed by atoms with van der Waals surface area (Å²) in [6.07, 6.45) is 3.89. The maximum atomic E-state index is 12.3. The molecule has 0 amide bonds. The molecule has 72 valence electrons. The van der Waals surface area contributed by atoms with Crippen LogP contribution in [0.2, 0.25) is 0 Å². The van der Waals surface area contributed by atoms with Crippen LogP contribution in [-0.2, 0) is 4.79 Å². The van der Waals surface area contributed by atoms with Crippen molar-refractivity contribution >= 4 is 6.29 Å². The van der Waals surface area contributed by atoms with E-state index in [0.717, 1.165) is 25.7 Å². The van der Waals surface area contributed by atoms with Gasteiger partial charge in [0, 0.05) is 6.42 Å². The Labute approximate surface area is 72.2 Å². The minimum Gasteiger partial charge on any atom is -0.297 e. The molecule has 0 fully saturated rings. The zero-order valence-corrected chi connectivity index (χ0v) is 7.48. The van der Waals surface area contributed by atoms with Crippen LogP contribution in [0.15, 0.2) is 0 Å². The molecule has 0 aliphatic rings. The van der Waals surface area contributed by atoms with Gasteiger partial charge in [0.2, 0.25) is 0 Å². The fraction of sp³-hybridized carbons (Fsp3) is 0.889. The molecule has 0 aromatic carbocycles. The number of carbonyl (C=O) groups is 1. The molecule has 0 bridgehead atoms. The van der Waals surface area contributed by atoms with Gasteiger partial charge in [-0.05, 0) is 6.42 Å². The standard InChI is InChI=1S/C9H16F2O/c1-2-3-4-5-6-7-9(10,11)8-12/h8H,2-7H2,1H3. The lowest BCUT2D eigenvalue weighted by atomic mass is 10.1. The summed E-state index contributed by atoms with van der Waals surface area (Å²) in [4.78, 5) is 9.80. The number of hydrogen-bond acceptors (Lipinski definition) is 1. The summed E-state index contributed by atoms with van der Waals surface area (Å²) in [5.74, 6) is -3.09. The van der Waals surface area contributed by atoms with E-state index in [2.05, 4.69) is 6.92 Å². The quantitative estimate of drug-likeness (QED) is 0.432. The van der Waals surface area contributed by atoms with E-state index in [0.29, 0.717) is 6.42 Å². The number of rotatable bonds is 7. The molecule has 0 aliphatic carbocycles. The molecule has 0 heterocycles. The van der Waals surface area contributed by atoms with Crippen LogP contribution in [0.25, 0.3) is 0 Å². The maximum Gasteiger partial charge on any atom is 0.302 e. The van der Waals surface area contributed by atoms with E-state index in [1.807, 2.05) is 0 Å². The number of halogens is 2. The SMILES string of the molecule is CCCCCCCC(F)(F)C=O. The van der Waals surface area contributed by atoms with Crippen LogP contribution in [0.5, 0.6) is 0 Å². The van der Waals surface area contributed by atoms with Crippen molar-refractivity contribution in [2.45, 2.75) is 51.4 Å². The van der Waals surface area contributed by atoms with Crippen molar-refractivity contribution in [3.63, 3.8) is 0 Å². The Hall–Kier alpha value is -0.470. The predicted molar refractivity (Wildman–Crippen MR) is 44.4 cm³/mol. The zero-order chi connectivity index (χ0) is 9.45. The van der Waals surface area contributed by atoms with Gasteiger partial charge in [0.1, 0.15) is 0 Å². The Kier molecular flexibility index (Phi) is 5.85. The first kappa shape index (κ1) is 11.5. The van der Waals surface area contributed by atoms with Gasteiger partial charge in [0.05, 0.1) is 0 Å². The van der Waals surface area contributed by atoms with Crippen molar-refractivity contribution < 1.29 is 13.6 Å². The van der Waals surface area contributed by atoms with Crippen LogP contribution in [0, 0.1) is 0 Å². The van der Waals surface area contributed by atoms with E-state index >= 15 is 0 Å². The number of carbonyl (C=O) groups excluding carboxylic acids is 1. The average Bonchev–Trinajstić information content (AvgIpc) is 2.04. The lowest BCUT2D eigenvalue weighted by molar-refractivity contribution is -0.130. The Balaban J connectivity index is 3.25. The fourth-order valence-corrected chi connectivity index (χ4v) is 1.02. The van der Waals surface area contributed by atoms with Crippen molar-refractivity contribution in [3.05, 3.63) is 0 Å². The lowest BCUT2D eigenvalue weighted by Crippen LogP contribution is -2.16. The molecule has 12 heavy (non-hydrogen) atoms. The Morgan fingerprint density at radius 2 is 1.75 bits per heavy atom. The third kappa shape index (κ3) is 6.25. The highest BCUT2D eigenvalue weighted by molar-refractivity contribution is 5.59. The maximum absolute atomic E-state index is 12.3. The zero-order valence-electron chi connectivity index (χ0n) is 7.48. The van der Waals surface area contributed by atoms with E-state index in [1.54, 1.807) is 0 Å². The van der Waals surface area contributed by atoms with Crippen molar-refractivity contribution in [3.8, 4) is 0 Å².